The number of piperazine rings is 1. The van der Waals surface area contributed by atoms with Crippen molar-refractivity contribution in [2.45, 2.75) is 69.4 Å². The topological polar surface area (TPSA) is 93.7 Å². The van der Waals surface area contributed by atoms with Crippen molar-refractivity contribution in [3.8, 4) is 6.07 Å². The Morgan fingerprint density at radius 1 is 1.27 bits per heavy atom. The zero-order valence-corrected chi connectivity index (χ0v) is 17.6. The molecule has 30 heavy (non-hydrogen) atoms. The molecule has 0 spiro atoms. The smallest absolute Gasteiger partial charge is 0.242 e. The van der Waals surface area contributed by atoms with E-state index in [0.717, 1.165) is 31.4 Å². The van der Waals surface area contributed by atoms with Gasteiger partial charge >= 0.3 is 0 Å². The Hall–Kier alpha value is -2.43. The summed E-state index contributed by atoms with van der Waals surface area (Å²) in [4.78, 5) is 31.9. The lowest BCUT2D eigenvalue weighted by Gasteiger charge is -2.38. The van der Waals surface area contributed by atoms with Crippen LogP contribution in [-0.2, 0) is 9.59 Å². The molecule has 2 amide bonds. The monoisotopic (exact) mass is 407 g/mol. The summed E-state index contributed by atoms with van der Waals surface area (Å²) in [5.41, 5.74) is 8.64. The Morgan fingerprint density at radius 2 is 2.00 bits per heavy atom. The zero-order chi connectivity index (χ0) is 21.2. The molecule has 3 aliphatic heterocycles. The maximum absolute atomic E-state index is 13.1. The van der Waals surface area contributed by atoms with Gasteiger partial charge in [-0.3, -0.25) is 14.5 Å². The minimum absolute atomic E-state index is 0.0401. The number of nitriles is 1. The Kier molecular flexibility index (Phi) is 4.60. The number of carbonyl (C=O) groups excluding carboxylic acids is 2. The van der Waals surface area contributed by atoms with Crippen LogP contribution in [0.4, 0.5) is 0 Å². The molecule has 7 atom stereocenters. The van der Waals surface area contributed by atoms with Crippen LogP contribution in [0, 0.1) is 24.2 Å². The van der Waals surface area contributed by atoms with Crippen LogP contribution in [-0.4, -0.2) is 69.8 Å². The van der Waals surface area contributed by atoms with E-state index in [2.05, 4.69) is 49.1 Å². The normalized spacial score (nSPS) is 34.1. The fourth-order valence-electron chi connectivity index (χ4n) is 5.82. The van der Waals surface area contributed by atoms with Gasteiger partial charge in [0.1, 0.15) is 6.04 Å². The SMILES string of the molecule is Cc1ccc([C@@H](C)N2C(=O)[C@@H]3C[C@H]2CN3C[C@H](N)C(=O)N2[C@H](C#N)CC3C[C@@H]32)cc1. The molecular weight excluding hydrogens is 378 g/mol. The van der Waals surface area contributed by atoms with Crippen molar-refractivity contribution in [1.29, 1.82) is 5.26 Å². The number of piperidine rings is 1. The number of fused-ring (bicyclic) bond motifs is 3. The minimum Gasteiger partial charge on any atom is -0.330 e. The summed E-state index contributed by atoms with van der Waals surface area (Å²) in [5.74, 6) is 0.482. The van der Waals surface area contributed by atoms with Crippen LogP contribution in [0.15, 0.2) is 24.3 Å². The lowest BCUT2D eigenvalue weighted by atomic mass is 10.0. The summed E-state index contributed by atoms with van der Waals surface area (Å²) in [5, 5.41) is 9.36. The molecule has 158 valence electrons. The first-order valence-electron chi connectivity index (χ1n) is 11.0. The van der Waals surface area contributed by atoms with Crippen LogP contribution < -0.4 is 5.73 Å². The van der Waals surface area contributed by atoms with Gasteiger partial charge in [0.15, 0.2) is 0 Å². The zero-order valence-electron chi connectivity index (χ0n) is 17.6. The van der Waals surface area contributed by atoms with Crippen LogP contribution in [0.1, 0.15) is 43.4 Å². The number of aryl methyl sites for hydroxylation is 1. The van der Waals surface area contributed by atoms with Crippen LogP contribution >= 0.6 is 0 Å². The van der Waals surface area contributed by atoms with Gasteiger partial charge in [-0.05, 0) is 44.6 Å². The maximum atomic E-state index is 13.1. The first kappa shape index (κ1) is 19.5. The van der Waals surface area contributed by atoms with Crippen molar-refractivity contribution in [2.75, 3.05) is 13.1 Å². The second-order valence-electron chi connectivity index (χ2n) is 9.49. The van der Waals surface area contributed by atoms with Gasteiger partial charge in [0.2, 0.25) is 11.8 Å². The van der Waals surface area contributed by atoms with E-state index in [-0.39, 0.29) is 42.0 Å². The molecule has 2 N–H and O–H groups in total. The van der Waals surface area contributed by atoms with Crippen LogP contribution in [0.2, 0.25) is 0 Å². The highest BCUT2D eigenvalue weighted by atomic mass is 16.2. The van der Waals surface area contributed by atoms with Gasteiger partial charge in [-0.15, -0.1) is 0 Å². The lowest BCUT2D eigenvalue weighted by Crippen LogP contribution is -2.57. The minimum atomic E-state index is -0.685. The predicted molar refractivity (Wildman–Crippen MR) is 111 cm³/mol. The van der Waals surface area contributed by atoms with E-state index >= 15 is 0 Å². The molecule has 4 fully saturated rings. The highest BCUT2D eigenvalue weighted by Gasteiger charge is 2.56. The van der Waals surface area contributed by atoms with E-state index in [4.69, 9.17) is 5.73 Å². The quantitative estimate of drug-likeness (QED) is 0.791. The Bertz CT molecular complexity index is 909. The molecule has 1 saturated carbocycles. The van der Waals surface area contributed by atoms with E-state index in [0.29, 0.717) is 12.5 Å². The highest BCUT2D eigenvalue weighted by molar-refractivity contribution is 5.87. The average molecular weight is 408 g/mol. The molecule has 4 aliphatic rings. The largest absolute Gasteiger partial charge is 0.330 e. The Labute approximate surface area is 177 Å². The Morgan fingerprint density at radius 3 is 2.67 bits per heavy atom. The highest BCUT2D eigenvalue weighted by Crippen LogP contribution is 2.48. The van der Waals surface area contributed by atoms with Crippen molar-refractivity contribution in [3.63, 3.8) is 0 Å². The number of nitrogens with two attached hydrogens (primary N) is 1. The van der Waals surface area contributed by atoms with Crippen LogP contribution in [0.25, 0.3) is 0 Å². The summed E-state index contributed by atoms with van der Waals surface area (Å²) in [6.45, 7) is 5.28. The fourth-order valence-corrected chi connectivity index (χ4v) is 5.82. The van der Waals surface area contributed by atoms with E-state index in [9.17, 15) is 14.9 Å². The number of likely N-dealkylation sites (tertiary alicyclic amines) is 3. The number of hydrogen-bond acceptors (Lipinski definition) is 5. The molecule has 1 aromatic rings. The summed E-state index contributed by atoms with van der Waals surface area (Å²) < 4.78 is 0. The molecule has 7 nitrogen and oxygen atoms in total. The van der Waals surface area contributed by atoms with Gasteiger partial charge in [-0.1, -0.05) is 29.8 Å². The van der Waals surface area contributed by atoms with E-state index in [1.165, 1.54) is 5.56 Å². The molecule has 1 unspecified atom stereocenters. The van der Waals surface area contributed by atoms with Gasteiger partial charge in [0.25, 0.3) is 0 Å². The molecule has 3 saturated heterocycles. The number of benzene rings is 1. The first-order valence-corrected chi connectivity index (χ1v) is 11.0. The van der Waals surface area contributed by atoms with Gasteiger partial charge in [0.05, 0.1) is 24.2 Å². The molecule has 0 radical (unpaired) electrons. The third kappa shape index (κ3) is 3.01. The van der Waals surface area contributed by atoms with Gasteiger partial charge in [-0.2, -0.15) is 5.26 Å². The average Bonchev–Trinajstić information content (AvgIpc) is 3.07. The molecule has 2 bridgehead atoms. The summed E-state index contributed by atoms with van der Waals surface area (Å²) in [6, 6.07) is 9.79. The molecule has 1 aromatic carbocycles. The molecule has 5 rings (SSSR count). The molecule has 3 heterocycles. The summed E-state index contributed by atoms with van der Waals surface area (Å²) in [7, 11) is 0. The van der Waals surface area contributed by atoms with Gasteiger partial charge in [-0.25, -0.2) is 0 Å². The molecule has 7 heteroatoms. The number of carbonyl (C=O) groups is 2. The predicted octanol–water partition coefficient (Wildman–Crippen LogP) is 1.18. The van der Waals surface area contributed by atoms with Gasteiger partial charge in [0, 0.05) is 25.2 Å². The third-order valence-corrected chi connectivity index (χ3v) is 7.55. The molecule has 1 aliphatic carbocycles. The Balaban J connectivity index is 1.23. The molecule has 0 aromatic heterocycles. The third-order valence-electron chi connectivity index (χ3n) is 7.55. The van der Waals surface area contributed by atoms with Crippen molar-refractivity contribution in [3.05, 3.63) is 35.4 Å². The van der Waals surface area contributed by atoms with Crippen molar-refractivity contribution >= 4 is 11.8 Å². The van der Waals surface area contributed by atoms with Crippen molar-refractivity contribution in [1.82, 2.24) is 14.7 Å². The van der Waals surface area contributed by atoms with E-state index < -0.39 is 6.04 Å². The summed E-state index contributed by atoms with van der Waals surface area (Å²) in [6.07, 6.45) is 2.57. The fraction of sp³-hybridized carbons (Fsp3) is 0.609. The number of hydrogen-bond donors (Lipinski definition) is 1. The van der Waals surface area contributed by atoms with Crippen molar-refractivity contribution < 1.29 is 9.59 Å². The van der Waals surface area contributed by atoms with Crippen LogP contribution in [0.5, 0.6) is 0 Å². The van der Waals surface area contributed by atoms with E-state index in [1.54, 1.807) is 4.90 Å². The number of nitrogens with zero attached hydrogens (tertiary/aromatic N) is 4. The second-order valence-corrected chi connectivity index (χ2v) is 9.49. The summed E-state index contributed by atoms with van der Waals surface area (Å²) >= 11 is 0. The second kappa shape index (κ2) is 7.07. The lowest BCUT2D eigenvalue weighted by molar-refractivity contribution is -0.141. The maximum Gasteiger partial charge on any atom is 0.242 e. The molecular formula is C23H29N5O2. The number of amides is 2. The van der Waals surface area contributed by atoms with E-state index in [1.807, 2.05) is 4.90 Å². The van der Waals surface area contributed by atoms with Gasteiger partial charge < -0.3 is 15.5 Å². The van der Waals surface area contributed by atoms with Crippen molar-refractivity contribution in [2.24, 2.45) is 11.7 Å². The standard InChI is InChI=1S/C23H29N5O2/c1-13-3-5-15(6-4-13)14(2)27-18-9-21(23(27)30)26(11-18)12-19(25)22(29)28-17(10-24)7-16-8-20(16)28/h3-6,14,16-21H,7-9,11-12,25H2,1-2H3/t14-,16?,17+,18+,19+,20+,21+/m1/s1. The van der Waals surface area contributed by atoms with Crippen LogP contribution in [0.3, 0.4) is 0 Å². The first-order chi connectivity index (χ1) is 14.4. The number of rotatable bonds is 5.